The molecule has 0 radical (unpaired) electrons. The van der Waals surface area contributed by atoms with Gasteiger partial charge in [-0.25, -0.2) is 0 Å². The van der Waals surface area contributed by atoms with E-state index in [2.05, 4.69) is 6.92 Å². The standard InChI is InChI=1S/C34H37NO6/c1-6-7-8-9-16-40-27-15-12-24(19-28(27)39-5)30-29-31(36)26-18-21(2)17-22(3)32(26)41-33(29)34(37)35(30)20-23-10-13-25(38-4)14-11-23/h10-15,17-19,30H,6-9,16,20H2,1-5H3. The maximum Gasteiger partial charge on any atom is 0.291 e. The van der Waals surface area contributed by atoms with Crippen LogP contribution in [0.4, 0.5) is 0 Å². The molecule has 4 aromatic rings. The summed E-state index contributed by atoms with van der Waals surface area (Å²) >= 11 is 0. The second-order valence-corrected chi connectivity index (χ2v) is 10.6. The van der Waals surface area contributed by atoms with Crippen molar-refractivity contribution in [3.63, 3.8) is 0 Å². The van der Waals surface area contributed by atoms with E-state index in [1.54, 1.807) is 19.1 Å². The van der Waals surface area contributed by atoms with Gasteiger partial charge in [0.2, 0.25) is 5.76 Å². The van der Waals surface area contributed by atoms with Crippen LogP contribution < -0.4 is 19.6 Å². The van der Waals surface area contributed by atoms with Crippen LogP contribution in [0.5, 0.6) is 17.2 Å². The number of unbranched alkanes of at least 4 members (excludes halogenated alkanes) is 3. The first kappa shape index (κ1) is 28.3. The van der Waals surface area contributed by atoms with Gasteiger partial charge in [-0.05, 0) is 72.9 Å². The predicted octanol–water partition coefficient (Wildman–Crippen LogP) is 7.13. The van der Waals surface area contributed by atoms with Gasteiger partial charge in [0.15, 0.2) is 16.9 Å². The highest BCUT2D eigenvalue weighted by molar-refractivity contribution is 5.99. The number of carbonyl (C=O) groups excluding carboxylic acids is 1. The van der Waals surface area contributed by atoms with Crippen LogP contribution in [-0.2, 0) is 6.54 Å². The molecule has 0 bridgehead atoms. The van der Waals surface area contributed by atoms with Gasteiger partial charge in [0.1, 0.15) is 11.3 Å². The van der Waals surface area contributed by atoms with Gasteiger partial charge in [-0.3, -0.25) is 9.59 Å². The molecule has 0 saturated carbocycles. The van der Waals surface area contributed by atoms with Gasteiger partial charge in [0.05, 0.1) is 37.8 Å². The van der Waals surface area contributed by atoms with Crippen molar-refractivity contribution in [1.82, 2.24) is 4.90 Å². The van der Waals surface area contributed by atoms with E-state index in [0.29, 0.717) is 34.6 Å². The summed E-state index contributed by atoms with van der Waals surface area (Å²) in [6.45, 7) is 6.89. The predicted molar refractivity (Wildman–Crippen MR) is 159 cm³/mol. The molecule has 214 valence electrons. The lowest BCUT2D eigenvalue weighted by molar-refractivity contribution is 0.0714. The summed E-state index contributed by atoms with van der Waals surface area (Å²) < 4.78 is 23.3. The van der Waals surface area contributed by atoms with E-state index in [0.717, 1.165) is 47.3 Å². The molecule has 3 aromatic carbocycles. The molecular weight excluding hydrogens is 518 g/mol. The van der Waals surface area contributed by atoms with Gasteiger partial charge < -0.3 is 23.5 Å². The van der Waals surface area contributed by atoms with Crippen molar-refractivity contribution in [2.75, 3.05) is 20.8 Å². The molecular formula is C34H37NO6. The van der Waals surface area contributed by atoms with E-state index in [1.807, 2.05) is 68.4 Å². The van der Waals surface area contributed by atoms with E-state index >= 15 is 0 Å². The lowest BCUT2D eigenvalue weighted by Gasteiger charge is -2.26. The topological polar surface area (TPSA) is 78.2 Å². The first-order valence-electron chi connectivity index (χ1n) is 14.2. The van der Waals surface area contributed by atoms with Crippen LogP contribution in [0.15, 0.2) is 63.8 Å². The van der Waals surface area contributed by atoms with Crippen molar-refractivity contribution in [1.29, 1.82) is 0 Å². The summed E-state index contributed by atoms with van der Waals surface area (Å²) in [6, 6.07) is 16.3. The van der Waals surface area contributed by atoms with E-state index in [-0.39, 0.29) is 23.6 Å². The van der Waals surface area contributed by atoms with Gasteiger partial charge in [0, 0.05) is 6.54 Å². The summed E-state index contributed by atoms with van der Waals surface area (Å²) in [5, 5.41) is 0.476. The zero-order valence-corrected chi connectivity index (χ0v) is 24.4. The Morgan fingerprint density at radius 2 is 1.66 bits per heavy atom. The molecule has 2 heterocycles. The van der Waals surface area contributed by atoms with Gasteiger partial charge in [0.25, 0.3) is 5.91 Å². The smallest absolute Gasteiger partial charge is 0.291 e. The Morgan fingerprint density at radius 3 is 2.37 bits per heavy atom. The largest absolute Gasteiger partial charge is 0.497 e. The van der Waals surface area contributed by atoms with Crippen molar-refractivity contribution >= 4 is 16.9 Å². The fourth-order valence-electron chi connectivity index (χ4n) is 5.60. The van der Waals surface area contributed by atoms with Gasteiger partial charge in [-0.1, -0.05) is 50.5 Å². The zero-order chi connectivity index (χ0) is 29.1. The van der Waals surface area contributed by atoms with Gasteiger partial charge >= 0.3 is 0 Å². The summed E-state index contributed by atoms with van der Waals surface area (Å²) in [7, 11) is 3.21. The third-order valence-electron chi connectivity index (χ3n) is 7.67. The molecule has 7 heteroatoms. The number of nitrogens with zero attached hydrogens (tertiary/aromatic N) is 1. The Kier molecular flexibility index (Phi) is 8.34. The molecule has 1 unspecified atom stereocenters. The van der Waals surface area contributed by atoms with Crippen LogP contribution in [0.25, 0.3) is 11.0 Å². The van der Waals surface area contributed by atoms with Gasteiger partial charge in [-0.2, -0.15) is 0 Å². The third kappa shape index (κ3) is 5.53. The molecule has 5 rings (SSSR count). The number of ether oxygens (including phenoxy) is 3. The number of methoxy groups -OCH3 is 2. The van der Waals surface area contributed by atoms with Crippen LogP contribution >= 0.6 is 0 Å². The Balaban J connectivity index is 1.60. The fraction of sp³-hybridized carbons (Fsp3) is 0.353. The van der Waals surface area contributed by atoms with Crippen LogP contribution in [-0.4, -0.2) is 31.6 Å². The van der Waals surface area contributed by atoms with E-state index in [4.69, 9.17) is 18.6 Å². The number of aryl methyl sites for hydroxylation is 2. The number of hydrogen-bond acceptors (Lipinski definition) is 6. The average Bonchev–Trinajstić information content (AvgIpc) is 3.25. The summed E-state index contributed by atoms with van der Waals surface area (Å²) in [4.78, 5) is 29.7. The molecule has 0 N–H and O–H groups in total. The highest BCUT2D eigenvalue weighted by Crippen LogP contribution is 2.42. The number of benzene rings is 3. The summed E-state index contributed by atoms with van der Waals surface area (Å²) in [5.41, 5.74) is 4.02. The zero-order valence-electron chi connectivity index (χ0n) is 24.4. The van der Waals surface area contributed by atoms with Crippen LogP contribution in [0.1, 0.15) is 77.0 Å². The SMILES string of the molecule is CCCCCCOc1ccc(C2c3c(oc4c(C)cc(C)cc4c3=O)C(=O)N2Cc2ccc(OC)cc2)cc1OC. The second kappa shape index (κ2) is 12.1. The minimum absolute atomic E-state index is 0.0863. The molecule has 0 spiro atoms. The normalized spacial score (nSPS) is 14.4. The molecule has 1 atom stereocenters. The summed E-state index contributed by atoms with van der Waals surface area (Å²) in [6.07, 6.45) is 4.41. The van der Waals surface area contributed by atoms with E-state index in [1.165, 1.54) is 6.42 Å². The van der Waals surface area contributed by atoms with E-state index < -0.39 is 6.04 Å². The lowest BCUT2D eigenvalue weighted by Crippen LogP contribution is -2.29. The Hall–Kier alpha value is -4.26. The highest BCUT2D eigenvalue weighted by atomic mass is 16.5. The number of fused-ring (bicyclic) bond motifs is 2. The number of hydrogen-bond donors (Lipinski definition) is 0. The number of carbonyl (C=O) groups is 1. The maximum absolute atomic E-state index is 14.1. The molecule has 1 aliphatic heterocycles. The minimum atomic E-state index is -0.659. The molecule has 0 fully saturated rings. The van der Waals surface area contributed by atoms with Crippen molar-refractivity contribution in [2.24, 2.45) is 0 Å². The molecule has 0 saturated heterocycles. The van der Waals surface area contributed by atoms with Crippen molar-refractivity contribution in [3.8, 4) is 17.2 Å². The van der Waals surface area contributed by atoms with Crippen LogP contribution in [0.3, 0.4) is 0 Å². The van der Waals surface area contributed by atoms with E-state index in [9.17, 15) is 9.59 Å². The molecule has 1 amide bonds. The Bertz CT molecular complexity index is 1620. The third-order valence-corrected chi connectivity index (χ3v) is 7.67. The highest BCUT2D eigenvalue weighted by Gasteiger charge is 2.43. The monoisotopic (exact) mass is 555 g/mol. The van der Waals surface area contributed by atoms with Crippen LogP contribution in [0.2, 0.25) is 0 Å². The second-order valence-electron chi connectivity index (χ2n) is 10.6. The quantitative estimate of drug-likeness (QED) is 0.183. The van der Waals surface area contributed by atoms with Crippen molar-refractivity contribution in [3.05, 3.63) is 98.4 Å². The molecule has 0 aliphatic carbocycles. The molecule has 41 heavy (non-hydrogen) atoms. The fourth-order valence-corrected chi connectivity index (χ4v) is 5.60. The molecule has 7 nitrogen and oxygen atoms in total. The average molecular weight is 556 g/mol. The minimum Gasteiger partial charge on any atom is -0.497 e. The first-order chi connectivity index (χ1) is 19.9. The van der Waals surface area contributed by atoms with Crippen molar-refractivity contribution in [2.45, 2.75) is 59.0 Å². The Morgan fingerprint density at radius 1 is 0.878 bits per heavy atom. The van der Waals surface area contributed by atoms with Crippen LogP contribution in [0, 0.1) is 13.8 Å². The lowest BCUT2D eigenvalue weighted by atomic mass is 9.96. The van der Waals surface area contributed by atoms with Gasteiger partial charge in [-0.15, -0.1) is 0 Å². The molecule has 1 aromatic heterocycles. The number of amides is 1. The maximum atomic E-state index is 14.1. The number of rotatable bonds is 11. The summed E-state index contributed by atoms with van der Waals surface area (Å²) in [5.74, 6) is 1.68. The first-order valence-corrected chi connectivity index (χ1v) is 14.2. The molecule has 1 aliphatic rings. The van der Waals surface area contributed by atoms with Crippen molar-refractivity contribution < 1.29 is 23.4 Å². The Labute approximate surface area is 240 Å².